The molecular formula is C21H22N2O4. The third kappa shape index (κ3) is 6.43. The molecule has 2 aromatic rings. The van der Waals surface area contributed by atoms with Crippen molar-refractivity contribution in [2.24, 2.45) is 0 Å². The van der Waals surface area contributed by atoms with Gasteiger partial charge in [0.1, 0.15) is 11.9 Å². The van der Waals surface area contributed by atoms with Gasteiger partial charge in [0, 0.05) is 5.56 Å². The fourth-order valence-corrected chi connectivity index (χ4v) is 2.21. The first-order valence-corrected chi connectivity index (χ1v) is 8.41. The molecule has 0 heterocycles. The van der Waals surface area contributed by atoms with Crippen molar-refractivity contribution in [3.05, 3.63) is 65.7 Å². The van der Waals surface area contributed by atoms with Crippen molar-refractivity contribution in [1.29, 1.82) is 0 Å². The molecule has 140 valence electrons. The first kappa shape index (κ1) is 19.9. The summed E-state index contributed by atoms with van der Waals surface area (Å²) in [5, 5.41) is 5.41. The molecule has 0 spiro atoms. The Morgan fingerprint density at radius 3 is 2.07 bits per heavy atom. The maximum atomic E-state index is 12.5. The number of hydrogen-bond acceptors (Lipinski definition) is 4. The molecule has 6 heteroatoms. The van der Waals surface area contributed by atoms with Crippen molar-refractivity contribution in [2.45, 2.75) is 26.4 Å². The van der Waals surface area contributed by atoms with Crippen LogP contribution in [0.3, 0.4) is 0 Å². The number of amides is 2. The maximum absolute atomic E-state index is 12.5. The number of aldehydes is 1. The minimum Gasteiger partial charge on any atom is -0.444 e. The van der Waals surface area contributed by atoms with E-state index in [0.717, 1.165) is 5.56 Å². The highest BCUT2D eigenvalue weighted by atomic mass is 16.6. The summed E-state index contributed by atoms with van der Waals surface area (Å²) in [4.78, 5) is 34.8. The number of rotatable bonds is 5. The van der Waals surface area contributed by atoms with Gasteiger partial charge in [-0.05, 0) is 56.7 Å². The van der Waals surface area contributed by atoms with Crippen LogP contribution in [0.5, 0.6) is 0 Å². The van der Waals surface area contributed by atoms with Crippen molar-refractivity contribution in [2.75, 3.05) is 10.6 Å². The van der Waals surface area contributed by atoms with Crippen molar-refractivity contribution >= 4 is 35.7 Å². The number of carbonyl (C=O) groups excluding carboxylic acids is 3. The van der Waals surface area contributed by atoms with Crippen LogP contribution in [0.25, 0.3) is 6.08 Å². The highest BCUT2D eigenvalue weighted by molar-refractivity contribution is 6.07. The molecular weight excluding hydrogens is 344 g/mol. The summed E-state index contributed by atoms with van der Waals surface area (Å²) < 4.78 is 5.24. The number of benzene rings is 2. The number of allylic oxidation sites excluding steroid dienone is 1. The van der Waals surface area contributed by atoms with Gasteiger partial charge in [0.05, 0.1) is 11.4 Å². The molecule has 0 aromatic heterocycles. The first-order chi connectivity index (χ1) is 12.8. The normalized spacial score (nSPS) is 11.1. The third-order valence-corrected chi connectivity index (χ3v) is 3.35. The van der Waals surface area contributed by atoms with Gasteiger partial charge in [-0.25, -0.2) is 4.79 Å². The second-order valence-corrected chi connectivity index (χ2v) is 6.74. The van der Waals surface area contributed by atoms with Crippen LogP contribution in [-0.2, 0) is 9.53 Å². The first-order valence-electron chi connectivity index (χ1n) is 8.41. The summed E-state index contributed by atoms with van der Waals surface area (Å²) in [6, 6.07) is 13.6. The van der Waals surface area contributed by atoms with E-state index in [4.69, 9.17) is 4.74 Å². The molecule has 0 saturated carbocycles. The van der Waals surface area contributed by atoms with E-state index in [-0.39, 0.29) is 5.91 Å². The smallest absolute Gasteiger partial charge is 0.412 e. The summed E-state index contributed by atoms with van der Waals surface area (Å²) in [5.41, 5.74) is 1.53. The standard InChI is InChI=1S/C21H22N2O4/c1-21(2,3)27-20(26)23-18-9-5-4-8-17(18)22-19(25)16-12-10-15(11-13-16)7-6-14-24/h4-14H,1-3H3,(H,22,25)(H,23,26)/b7-6+. The monoisotopic (exact) mass is 366 g/mol. The minimum atomic E-state index is -0.623. The average Bonchev–Trinajstić information content (AvgIpc) is 2.60. The Morgan fingerprint density at radius 1 is 0.926 bits per heavy atom. The van der Waals surface area contributed by atoms with E-state index in [2.05, 4.69) is 10.6 Å². The lowest BCUT2D eigenvalue weighted by molar-refractivity contribution is -0.104. The van der Waals surface area contributed by atoms with E-state index in [1.165, 1.54) is 6.08 Å². The largest absolute Gasteiger partial charge is 0.444 e. The second-order valence-electron chi connectivity index (χ2n) is 6.74. The lowest BCUT2D eigenvalue weighted by atomic mass is 10.1. The predicted molar refractivity (Wildman–Crippen MR) is 106 cm³/mol. The average molecular weight is 366 g/mol. The van der Waals surface area contributed by atoms with Gasteiger partial charge in [0.25, 0.3) is 5.91 Å². The molecule has 0 unspecified atom stereocenters. The van der Waals surface area contributed by atoms with E-state index in [0.29, 0.717) is 23.2 Å². The Kier molecular flexibility index (Phi) is 6.49. The topological polar surface area (TPSA) is 84.5 Å². The number of para-hydroxylation sites is 2. The van der Waals surface area contributed by atoms with Crippen LogP contribution in [0, 0.1) is 0 Å². The van der Waals surface area contributed by atoms with E-state index < -0.39 is 11.7 Å². The summed E-state index contributed by atoms with van der Waals surface area (Å²) in [6.07, 6.45) is 3.12. The zero-order valence-corrected chi connectivity index (χ0v) is 15.5. The van der Waals surface area contributed by atoms with E-state index in [1.54, 1.807) is 75.4 Å². The molecule has 0 radical (unpaired) electrons. The number of carbonyl (C=O) groups is 3. The number of anilines is 2. The molecule has 0 saturated heterocycles. The molecule has 0 atom stereocenters. The molecule has 2 N–H and O–H groups in total. The zero-order valence-electron chi connectivity index (χ0n) is 15.5. The minimum absolute atomic E-state index is 0.320. The van der Waals surface area contributed by atoms with Crippen molar-refractivity contribution in [3.8, 4) is 0 Å². The van der Waals surface area contributed by atoms with Crippen molar-refractivity contribution < 1.29 is 19.1 Å². The highest BCUT2D eigenvalue weighted by Gasteiger charge is 2.17. The highest BCUT2D eigenvalue weighted by Crippen LogP contribution is 2.23. The van der Waals surface area contributed by atoms with Gasteiger partial charge in [0.15, 0.2) is 0 Å². The fourth-order valence-electron chi connectivity index (χ4n) is 2.21. The number of hydrogen-bond donors (Lipinski definition) is 2. The predicted octanol–water partition coefficient (Wildman–Crippen LogP) is 4.50. The molecule has 0 aliphatic carbocycles. The molecule has 0 aliphatic rings. The Hall–Kier alpha value is -3.41. The summed E-state index contributed by atoms with van der Waals surface area (Å²) in [7, 11) is 0. The second kappa shape index (κ2) is 8.80. The van der Waals surface area contributed by atoms with Crippen LogP contribution in [-0.4, -0.2) is 23.9 Å². The van der Waals surface area contributed by atoms with Crippen LogP contribution in [0.15, 0.2) is 54.6 Å². The van der Waals surface area contributed by atoms with Gasteiger partial charge in [0.2, 0.25) is 0 Å². The lowest BCUT2D eigenvalue weighted by Gasteiger charge is -2.20. The van der Waals surface area contributed by atoms with Crippen LogP contribution >= 0.6 is 0 Å². The Labute approximate surface area is 158 Å². The Bertz CT molecular complexity index is 849. The SMILES string of the molecule is CC(C)(C)OC(=O)Nc1ccccc1NC(=O)c1ccc(/C=C/C=O)cc1. The fraction of sp³-hybridized carbons (Fsp3) is 0.190. The molecule has 27 heavy (non-hydrogen) atoms. The van der Waals surface area contributed by atoms with E-state index in [1.807, 2.05) is 0 Å². The van der Waals surface area contributed by atoms with Gasteiger partial charge < -0.3 is 10.1 Å². The molecule has 0 fully saturated rings. The van der Waals surface area contributed by atoms with Crippen molar-refractivity contribution in [1.82, 2.24) is 0 Å². The van der Waals surface area contributed by atoms with E-state index in [9.17, 15) is 14.4 Å². The molecule has 6 nitrogen and oxygen atoms in total. The summed E-state index contributed by atoms with van der Waals surface area (Å²) in [6.45, 7) is 5.32. The molecule has 0 aliphatic heterocycles. The molecule has 0 bridgehead atoms. The van der Waals surface area contributed by atoms with Gasteiger partial charge in [-0.15, -0.1) is 0 Å². The number of ether oxygens (including phenoxy) is 1. The van der Waals surface area contributed by atoms with Crippen LogP contribution < -0.4 is 10.6 Å². The zero-order chi connectivity index (χ0) is 19.9. The van der Waals surface area contributed by atoms with Crippen LogP contribution in [0.4, 0.5) is 16.2 Å². The quantitative estimate of drug-likeness (QED) is 0.603. The van der Waals surface area contributed by atoms with Gasteiger partial charge in [-0.1, -0.05) is 30.3 Å². The summed E-state index contributed by atoms with van der Waals surface area (Å²) >= 11 is 0. The third-order valence-electron chi connectivity index (χ3n) is 3.35. The Balaban J connectivity index is 2.10. The molecule has 2 rings (SSSR count). The lowest BCUT2D eigenvalue weighted by Crippen LogP contribution is -2.27. The van der Waals surface area contributed by atoms with Crippen LogP contribution in [0.1, 0.15) is 36.7 Å². The van der Waals surface area contributed by atoms with Crippen molar-refractivity contribution in [3.63, 3.8) is 0 Å². The molecule has 2 amide bonds. The van der Waals surface area contributed by atoms with Crippen LogP contribution in [0.2, 0.25) is 0 Å². The van der Waals surface area contributed by atoms with Gasteiger partial charge >= 0.3 is 6.09 Å². The van der Waals surface area contributed by atoms with E-state index >= 15 is 0 Å². The Morgan fingerprint density at radius 2 is 1.52 bits per heavy atom. The molecule has 2 aromatic carbocycles. The maximum Gasteiger partial charge on any atom is 0.412 e. The number of nitrogens with one attached hydrogen (secondary N) is 2. The summed E-state index contributed by atoms with van der Waals surface area (Å²) in [5.74, 6) is -0.320. The van der Waals surface area contributed by atoms with Gasteiger partial charge in [-0.2, -0.15) is 0 Å². The van der Waals surface area contributed by atoms with Gasteiger partial charge in [-0.3, -0.25) is 14.9 Å².